The summed E-state index contributed by atoms with van der Waals surface area (Å²) >= 11 is 0. The number of anilines is 2. The van der Waals surface area contributed by atoms with Crippen molar-refractivity contribution in [2.75, 3.05) is 23.4 Å². The topological polar surface area (TPSA) is 104 Å². The zero-order valence-corrected chi connectivity index (χ0v) is 22.6. The van der Waals surface area contributed by atoms with Gasteiger partial charge in [0.2, 0.25) is 5.91 Å². The van der Waals surface area contributed by atoms with Crippen LogP contribution in [0.15, 0.2) is 60.8 Å². The molecular weight excluding hydrogens is 565 g/mol. The minimum absolute atomic E-state index is 0.0670. The van der Waals surface area contributed by atoms with Gasteiger partial charge in [-0.05, 0) is 61.9 Å². The standard InChI is InChI=1S/C28H26F5N5O4/c1-27(2,36-24(39)23-19(30)5-4-12-34-23)26(41)35-20-15-38(14-16-6-9-18(10-7-16)42-28(31,32)33)21-11-8-17(29)13-22(21)37(3)25(20)40/h4-13,20H,14-15H2,1-3H3,(H,35,41)(H,36,39)/t20-/m1/s1. The van der Waals surface area contributed by atoms with Crippen molar-refractivity contribution in [1.29, 1.82) is 0 Å². The Morgan fingerprint density at radius 2 is 1.74 bits per heavy atom. The number of ether oxygens (including phenoxy) is 1. The van der Waals surface area contributed by atoms with Gasteiger partial charge in [-0.15, -0.1) is 13.2 Å². The number of hydrogen-bond acceptors (Lipinski definition) is 6. The second-order valence-corrected chi connectivity index (χ2v) is 10.0. The Labute approximate surface area is 237 Å². The van der Waals surface area contributed by atoms with E-state index in [9.17, 15) is 36.3 Å². The predicted octanol–water partition coefficient (Wildman–Crippen LogP) is 3.93. The van der Waals surface area contributed by atoms with E-state index in [-0.39, 0.29) is 18.8 Å². The maximum absolute atomic E-state index is 14.2. The summed E-state index contributed by atoms with van der Waals surface area (Å²) in [4.78, 5) is 45.9. The SMILES string of the molecule is CN1C(=O)[C@H](NC(=O)C(C)(C)NC(=O)c2ncccc2F)CN(Cc2ccc(OC(F)(F)F)cc2)c2ccc(F)cc21. The lowest BCUT2D eigenvalue weighted by Gasteiger charge is -2.30. The number of nitrogens with zero attached hydrogens (tertiary/aromatic N) is 3. The van der Waals surface area contributed by atoms with Gasteiger partial charge in [0, 0.05) is 26.3 Å². The molecule has 2 N–H and O–H groups in total. The average molecular weight is 592 g/mol. The molecule has 1 atom stereocenters. The molecular formula is C28H26F5N5O4. The molecule has 0 radical (unpaired) electrons. The Morgan fingerprint density at radius 3 is 2.38 bits per heavy atom. The normalized spacial score (nSPS) is 15.5. The molecule has 14 heteroatoms. The summed E-state index contributed by atoms with van der Waals surface area (Å²) in [6.07, 6.45) is -3.64. The fraction of sp³-hybridized carbons (Fsp3) is 0.286. The number of fused-ring (bicyclic) bond motifs is 1. The Balaban J connectivity index is 1.58. The zero-order chi connectivity index (χ0) is 30.8. The Bertz CT molecular complexity index is 1500. The molecule has 3 aromatic rings. The number of aromatic nitrogens is 1. The van der Waals surface area contributed by atoms with Crippen molar-refractivity contribution in [3.63, 3.8) is 0 Å². The van der Waals surface area contributed by atoms with Crippen molar-refractivity contribution in [3.05, 3.63) is 83.7 Å². The number of rotatable bonds is 7. The van der Waals surface area contributed by atoms with Gasteiger partial charge in [0.25, 0.3) is 11.8 Å². The summed E-state index contributed by atoms with van der Waals surface area (Å²) in [5.74, 6) is -4.23. The summed E-state index contributed by atoms with van der Waals surface area (Å²) in [5.41, 5.74) is -0.972. The molecule has 1 aliphatic heterocycles. The van der Waals surface area contributed by atoms with Crippen molar-refractivity contribution >= 4 is 29.1 Å². The molecule has 0 unspecified atom stereocenters. The lowest BCUT2D eigenvalue weighted by molar-refractivity contribution is -0.274. The van der Waals surface area contributed by atoms with Crippen LogP contribution in [0.1, 0.15) is 29.9 Å². The van der Waals surface area contributed by atoms with Gasteiger partial charge >= 0.3 is 6.36 Å². The largest absolute Gasteiger partial charge is 0.573 e. The maximum Gasteiger partial charge on any atom is 0.573 e. The number of amides is 3. The van der Waals surface area contributed by atoms with Crippen LogP contribution in [0.3, 0.4) is 0 Å². The molecule has 0 saturated heterocycles. The van der Waals surface area contributed by atoms with Crippen LogP contribution in [0.2, 0.25) is 0 Å². The smallest absolute Gasteiger partial charge is 0.406 e. The molecule has 42 heavy (non-hydrogen) atoms. The van der Waals surface area contributed by atoms with Crippen molar-refractivity contribution in [2.45, 2.75) is 38.3 Å². The van der Waals surface area contributed by atoms with Crippen LogP contribution in [-0.4, -0.2) is 54.2 Å². The molecule has 9 nitrogen and oxygen atoms in total. The van der Waals surface area contributed by atoms with Crippen LogP contribution >= 0.6 is 0 Å². The fourth-order valence-electron chi connectivity index (χ4n) is 4.35. The predicted molar refractivity (Wildman–Crippen MR) is 142 cm³/mol. The van der Waals surface area contributed by atoms with Gasteiger partial charge in [-0.25, -0.2) is 13.8 Å². The monoisotopic (exact) mass is 591 g/mol. The second kappa shape index (κ2) is 11.6. The lowest BCUT2D eigenvalue weighted by atomic mass is 10.0. The van der Waals surface area contributed by atoms with Crippen LogP contribution in [0, 0.1) is 11.6 Å². The number of halogens is 5. The first-order chi connectivity index (χ1) is 19.6. The third-order valence-electron chi connectivity index (χ3n) is 6.47. The van der Waals surface area contributed by atoms with Crippen LogP contribution in [0.5, 0.6) is 5.75 Å². The molecule has 0 fully saturated rings. The lowest BCUT2D eigenvalue weighted by Crippen LogP contribution is -2.60. The molecule has 2 aromatic carbocycles. The van der Waals surface area contributed by atoms with Gasteiger partial charge in [0.05, 0.1) is 11.4 Å². The van der Waals surface area contributed by atoms with Crippen LogP contribution in [-0.2, 0) is 16.1 Å². The average Bonchev–Trinajstić information content (AvgIpc) is 2.99. The van der Waals surface area contributed by atoms with Gasteiger partial charge in [-0.3, -0.25) is 14.4 Å². The summed E-state index contributed by atoms with van der Waals surface area (Å²) in [5, 5.41) is 5.02. The molecule has 0 aliphatic carbocycles. The van der Waals surface area contributed by atoms with E-state index in [2.05, 4.69) is 20.4 Å². The second-order valence-electron chi connectivity index (χ2n) is 10.0. The summed E-state index contributed by atoms with van der Waals surface area (Å²) in [7, 11) is 1.41. The van der Waals surface area contributed by atoms with Crippen LogP contribution in [0.25, 0.3) is 0 Å². The number of carbonyl (C=O) groups is 3. The highest BCUT2D eigenvalue weighted by molar-refractivity contribution is 6.04. The molecule has 4 rings (SSSR count). The van der Waals surface area contributed by atoms with Crippen molar-refractivity contribution in [2.24, 2.45) is 0 Å². The Kier molecular flexibility index (Phi) is 8.36. The number of hydrogen-bond donors (Lipinski definition) is 2. The van der Waals surface area contributed by atoms with Gasteiger partial charge in [-0.1, -0.05) is 12.1 Å². The molecule has 2 heterocycles. The third-order valence-corrected chi connectivity index (χ3v) is 6.47. The Morgan fingerprint density at radius 1 is 1.05 bits per heavy atom. The third kappa shape index (κ3) is 6.93. The van der Waals surface area contributed by atoms with Gasteiger partial charge in [-0.2, -0.15) is 0 Å². The molecule has 1 aromatic heterocycles. The fourth-order valence-corrected chi connectivity index (χ4v) is 4.35. The van der Waals surface area contributed by atoms with Crippen molar-refractivity contribution in [3.8, 4) is 5.75 Å². The molecule has 3 amide bonds. The van der Waals surface area contributed by atoms with E-state index in [0.717, 1.165) is 24.3 Å². The number of alkyl halides is 3. The number of carbonyl (C=O) groups excluding carboxylic acids is 3. The van der Waals surface area contributed by atoms with E-state index in [1.165, 1.54) is 62.3 Å². The highest BCUT2D eigenvalue weighted by Gasteiger charge is 2.38. The molecule has 0 spiro atoms. The minimum Gasteiger partial charge on any atom is -0.406 e. The van der Waals surface area contributed by atoms with Crippen molar-refractivity contribution in [1.82, 2.24) is 15.6 Å². The molecule has 0 saturated carbocycles. The quantitative estimate of drug-likeness (QED) is 0.404. The van der Waals surface area contributed by atoms with Gasteiger partial charge < -0.3 is 25.2 Å². The summed E-state index contributed by atoms with van der Waals surface area (Å²) in [6.45, 7) is 2.67. The summed E-state index contributed by atoms with van der Waals surface area (Å²) < 4.78 is 69.8. The maximum atomic E-state index is 14.2. The summed E-state index contributed by atoms with van der Waals surface area (Å²) in [6, 6.07) is 10.0. The van der Waals surface area contributed by atoms with Crippen LogP contribution in [0.4, 0.5) is 33.3 Å². The highest BCUT2D eigenvalue weighted by Crippen LogP contribution is 2.34. The first-order valence-corrected chi connectivity index (χ1v) is 12.6. The van der Waals surface area contributed by atoms with E-state index in [1.54, 1.807) is 4.90 Å². The number of likely N-dealkylation sites (N-methyl/N-ethyl adjacent to an activating group) is 1. The zero-order valence-electron chi connectivity index (χ0n) is 22.6. The molecule has 0 bridgehead atoms. The Hall–Kier alpha value is -4.75. The number of pyridine rings is 1. The van der Waals surface area contributed by atoms with Gasteiger partial charge in [0.1, 0.15) is 23.1 Å². The van der Waals surface area contributed by atoms with Crippen LogP contribution < -0.4 is 25.2 Å². The number of nitrogens with one attached hydrogen (secondary N) is 2. The van der Waals surface area contributed by atoms with Gasteiger partial charge in [0.15, 0.2) is 11.5 Å². The van der Waals surface area contributed by atoms with E-state index in [1.807, 2.05) is 0 Å². The number of benzene rings is 2. The van der Waals surface area contributed by atoms with E-state index in [4.69, 9.17) is 0 Å². The molecule has 222 valence electrons. The van der Waals surface area contributed by atoms with E-state index in [0.29, 0.717) is 11.3 Å². The van der Waals surface area contributed by atoms with E-state index < -0.39 is 58.7 Å². The van der Waals surface area contributed by atoms with Crippen molar-refractivity contribution < 1.29 is 41.1 Å². The first kappa shape index (κ1) is 30.2. The molecule has 1 aliphatic rings. The minimum atomic E-state index is -4.86. The highest BCUT2D eigenvalue weighted by atomic mass is 19.4. The van der Waals surface area contributed by atoms with E-state index >= 15 is 0 Å². The first-order valence-electron chi connectivity index (χ1n) is 12.6.